The molecule has 13 heavy (non-hydrogen) atoms. The Morgan fingerprint density at radius 3 is 2.92 bits per heavy atom. The van der Waals surface area contributed by atoms with Crippen LogP contribution in [0.15, 0.2) is 6.07 Å². The topological polar surface area (TPSA) is 58.9 Å². The van der Waals surface area contributed by atoms with Crippen LogP contribution in [0.4, 0.5) is 4.39 Å². The van der Waals surface area contributed by atoms with Crippen LogP contribution in [0.1, 0.15) is 5.56 Å². The minimum Gasteiger partial charge on any atom is -0.504 e. The zero-order chi connectivity index (χ0) is 9.42. The minimum atomic E-state index is -0.826. The second-order valence-corrected chi connectivity index (χ2v) is 2.58. The quantitative estimate of drug-likeness (QED) is 0.679. The van der Waals surface area contributed by atoms with Crippen molar-refractivity contribution in [2.24, 2.45) is 0 Å². The lowest BCUT2D eigenvalue weighted by Gasteiger charge is -2.05. The Kier molecular flexibility index (Phi) is 1.73. The highest BCUT2D eigenvalue weighted by atomic mass is 19.1. The number of rotatable bonds is 1. The van der Waals surface area contributed by atoms with Crippen molar-refractivity contribution in [3.05, 3.63) is 17.4 Å². The van der Waals surface area contributed by atoms with Gasteiger partial charge in [-0.05, 0) is 0 Å². The molecule has 0 saturated carbocycles. The fourth-order valence-corrected chi connectivity index (χ4v) is 1.21. The van der Waals surface area contributed by atoms with Crippen LogP contribution in [0.5, 0.6) is 17.2 Å². The van der Waals surface area contributed by atoms with Crippen molar-refractivity contribution in [2.45, 2.75) is 6.61 Å². The molecule has 0 aromatic heterocycles. The van der Waals surface area contributed by atoms with E-state index in [9.17, 15) is 9.50 Å². The summed E-state index contributed by atoms with van der Waals surface area (Å²) >= 11 is 0. The molecular formula is C8H7FO4. The van der Waals surface area contributed by atoms with Gasteiger partial charge in [0.05, 0.1) is 12.2 Å². The Hall–Kier alpha value is -1.49. The lowest BCUT2D eigenvalue weighted by molar-refractivity contribution is 0.171. The van der Waals surface area contributed by atoms with E-state index in [4.69, 9.17) is 14.6 Å². The highest BCUT2D eigenvalue weighted by Gasteiger charge is 2.23. The summed E-state index contributed by atoms with van der Waals surface area (Å²) in [6.07, 6.45) is 0. The number of benzene rings is 1. The predicted octanol–water partition coefficient (Wildman–Crippen LogP) is 0.752. The summed E-state index contributed by atoms with van der Waals surface area (Å²) < 4.78 is 22.8. The summed E-state index contributed by atoms with van der Waals surface area (Å²) in [5.41, 5.74) is 0.0208. The lowest BCUT2D eigenvalue weighted by atomic mass is 10.1. The molecule has 0 atom stereocenters. The first-order valence-corrected chi connectivity index (χ1v) is 3.65. The van der Waals surface area contributed by atoms with Gasteiger partial charge in [0.25, 0.3) is 0 Å². The third-order valence-corrected chi connectivity index (χ3v) is 1.84. The van der Waals surface area contributed by atoms with Crippen LogP contribution in [-0.4, -0.2) is 17.0 Å². The van der Waals surface area contributed by atoms with Crippen LogP contribution in [0, 0.1) is 5.82 Å². The predicted molar refractivity (Wildman–Crippen MR) is 40.1 cm³/mol. The fraction of sp³-hybridized carbons (Fsp3) is 0.250. The fourth-order valence-electron chi connectivity index (χ4n) is 1.21. The van der Waals surface area contributed by atoms with Gasteiger partial charge in [-0.25, -0.2) is 4.39 Å². The van der Waals surface area contributed by atoms with Gasteiger partial charge in [0, 0.05) is 6.07 Å². The van der Waals surface area contributed by atoms with Crippen molar-refractivity contribution >= 4 is 0 Å². The molecule has 0 spiro atoms. The molecule has 2 rings (SSSR count). The number of hydrogen-bond donors (Lipinski definition) is 2. The Balaban J connectivity index is 2.64. The molecule has 1 aromatic rings. The number of ether oxygens (including phenoxy) is 2. The van der Waals surface area contributed by atoms with Crippen LogP contribution in [-0.2, 0) is 6.61 Å². The van der Waals surface area contributed by atoms with Gasteiger partial charge < -0.3 is 19.7 Å². The summed E-state index contributed by atoms with van der Waals surface area (Å²) in [5.74, 6) is -0.999. The molecule has 5 heteroatoms. The normalized spacial score (nSPS) is 13.4. The van der Waals surface area contributed by atoms with E-state index in [0.717, 1.165) is 6.07 Å². The highest BCUT2D eigenvalue weighted by Crippen LogP contribution is 2.41. The average Bonchev–Trinajstić information content (AvgIpc) is 2.54. The number of aliphatic hydroxyl groups excluding tert-OH is 1. The Labute approximate surface area is 73.1 Å². The van der Waals surface area contributed by atoms with Crippen molar-refractivity contribution in [3.8, 4) is 17.2 Å². The van der Waals surface area contributed by atoms with Crippen LogP contribution in [0.3, 0.4) is 0 Å². The number of aromatic hydroxyl groups is 1. The molecule has 1 aliphatic heterocycles. The van der Waals surface area contributed by atoms with Crippen molar-refractivity contribution in [1.29, 1.82) is 0 Å². The van der Waals surface area contributed by atoms with Gasteiger partial charge in [-0.3, -0.25) is 0 Å². The standard InChI is InChI=1S/C8H7FO4/c9-5-1-6-8(13-3-12-6)4(2-10)7(5)11/h1,10-11H,2-3H2. The van der Waals surface area contributed by atoms with Crippen LogP contribution in [0.2, 0.25) is 0 Å². The third kappa shape index (κ3) is 1.08. The molecule has 0 amide bonds. The lowest BCUT2D eigenvalue weighted by Crippen LogP contribution is -1.94. The highest BCUT2D eigenvalue weighted by molar-refractivity contribution is 5.54. The first-order chi connectivity index (χ1) is 6.24. The van der Waals surface area contributed by atoms with Gasteiger partial charge in [0.2, 0.25) is 6.79 Å². The van der Waals surface area contributed by atoms with E-state index in [0.29, 0.717) is 0 Å². The second-order valence-electron chi connectivity index (χ2n) is 2.58. The molecule has 0 saturated heterocycles. The Morgan fingerprint density at radius 1 is 1.46 bits per heavy atom. The van der Waals surface area contributed by atoms with Crippen LogP contribution in [0.25, 0.3) is 0 Å². The molecule has 1 aromatic carbocycles. The molecule has 0 unspecified atom stereocenters. The van der Waals surface area contributed by atoms with Gasteiger partial charge >= 0.3 is 0 Å². The summed E-state index contributed by atoms with van der Waals surface area (Å²) in [7, 11) is 0. The van der Waals surface area contributed by atoms with Crippen molar-refractivity contribution < 1.29 is 24.1 Å². The minimum absolute atomic E-state index is 0.0208. The number of halogens is 1. The molecule has 0 fully saturated rings. The third-order valence-electron chi connectivity index (χ3n) is 1.84. The number of aliphatic hydroxyl groups is 1. The molecule has 2 N–H and O–H groups in total. The molecule has 1 aliphatic rings. The van der Waals surface area contributed by atoms with Gasteiger partial charge in [0.1, 0.15) is 0 Å². The maximum atomic E-state index is 12.9. The van der Waals surface area contributed by atoms with E-state index in [1.165, 1.54) is 0 Å². The molecule has 0 aliphatic carbocycles. The zero-order valence-corrected chi connectivity index (χ0v) is 6.58. The monoisotopic (exact) mass is 186 g/mol. The SMILES string of the molecule is OCc1c(O)c(F)cc2c1OCO2. The van der Waals surface area contributed by atoms with Crippen molar-refractivity contribution in [3.63, 3.8) is 0 Å². The maximum absolute atomic E-state index is 12.9. The van der Waals surface area contributed by atoms with Gasteiger partial charge in [-0.1, -0.05) is 0 Å². The van der Waals surface area contributed by atoms with E-state index in [-0.39, 0.29) is 23.9 Å². The second kappa shape index (κ2) is 2.77. The van der Waals surface area contributed by atoms with Gasteiger partial charge in [0.15, 0.2) is 23.1 Å². The summed E-state index contributed by atoms with van der Waals surface area (Å²) in [5, 5.41) is 18.0. The number of fused-ring (bicyclic) bond motifs is 1. The largest absolute Gasteiger partial charge is 0.504 e. The van der Waals surface area contributed by atoms with Gasteiger partial charge in [-0.15, -0.1) is 0 Å². The summed E-state index contributed by atoms with van der Waals surface area (Å²) in [6, 6.07) is 1.02. The van der Waals surface area contributed by atoms with Gasteiger partial charge in [-0.2, -0.15) is 0 Å². The van der Waals surface area contributed by atoms with E-state index < -0.39 is 18.2 Å². The molecular weight excluding hydrogens is 179 g/mol. The van der Waals surface area contributed by atoms with E-state index in [1.807, 2.05) is 0 Å². The van der Waals surface area contributed by atoms with E-state index in [2.05, 4.69) is 0 Å². The first-order valence-electron chi connectivity index (χ1n) is 3.65. The molecule has 0 bridgehead atoms. The summed E-state index contributed by atoms with van der Waals surface area (Å²) in [6.45, 7) is -0.513. The van der Waals surface area contributed by atoms with Crippen LogP contribution >= 0.6 is 0 Å². The first kappa shape index (κ1) is 8.12. The van der Waals surface area contributed by atoms with Crippen LogP contribution < -0.4 is 9.47 Å². The molecule has 0 radical (unpaired) electrons. The van der Waals surface area contributed by atoms with E-state index >= 15 is 0 Å². The Bertz CT molecular complexity index is 350. The number of phenols is 1. The zero-order valence-electron chi connectivity index (χ0n) is 6.58. The maximum Gasteiger partial charge on any atom is 0.231 e. The average molecular weight is 186 g/mol. The summed E-state index contributed by atoms with van der Waals surface area (Å²) in [4.78, 5) is 0. The Morgan fingerprint density at radius 2 is 2.23 bits per heavy atom. The smallest absolute Gasteiger partial charge is 0.231 e. The molecule has 4 nitrogen and oxygen atoms in total. The van der Waals surface area contributed by atoms with Crippen molar-refractivity contribution in [2.75, 3.05) is 6.79 Å². The van der Waals surface area contributed by atoms with E-state index in [1.54, 1.807) is 0 Å². The molecule has 1 heterocycles. The van der Waals surface area contributed by atoms with Crippen molar-refractivity contribution in [1.82, 2.24) is 0 Å². The number of hydrogen-bond acceptors (Lipinski definition) is 4. The molecule has 70 valence electrons.